The summed E-state index contributed by atoms with van der Waals surface area (Å²) in [7, 11) is 0. The predicted octanol–water partition coefficient (Wildman–Crippen LogP) is 6.16. The summed E-state index contributed by atoms with van der Waals surface area (Å²) in [6, 6.07) is 0. The summed E-state index contributed by atoms with van der Waals surface area (Å²) in [5.41, 5.74) is 0. The zero-order valence-corrected chi connectivity index (χ0v) is 20.1. The van der Waals surface area contributed by atoms with Crippen LogP contribution in [0.1, 0.15) is 129 Å². The molecule has 6 heteroatoms. The van der Waals surface area contributed by atoms with Crippen molar-refractivity contribution in [1.82, 2.24) is 5.32 Å². The first-order valence-corrected chi connectivity index (χ1v) is 12.7. The molecule has 0 aromatic carbocycles. The van der Waals surface area contributed by atoms with Crippen molar-refractivity contribution in [2.24, 2.45) is 0 Å². The quantitative estimate of drug-likeness (QED) is 0.155. The molecule has 0 aliphatic rings. The minimum absolute atomic E-state index is 0.0214. The Balaban J connectivity index is 3.86. The molecule has 0 fully saturated rings. The molecule has 1 atom stereocenters. The van der Waals surface area contributed by atoms with Crippen LogP contribution in [0.5, 0.6) is 0 Å². The van der Waals surface area contributed by atoms with Crippen LogP contribution in [0.2, 0.25) is 0 Å². The third kappa shape index (κ3) is 21.4. The van der Waals surface area contributed by atoms with E-state index in [0.717, 1.165) is 57.8 Å². The van der Waals surface area contributed by atoms with Gasteiger partial charge in [-0.25, -0.2) is 0 Å². The van der Waals surface area contributed by atoms with Crippen LogP contribution in [0.4, 0.5) is 0 Å². The Labute approximate surface area is 189 Å². The van der Waals surface area contributed by atoms with Gasteiger partial charge in [-0.1, -0.05) is 84.5 Å². The van der Waals surface area contributed by atoms with Crippen molar-refractivity contribution in [1.29, 1.82) is 0 Å². The Morgan fingerprint density at radius 2 is 1.23 bits per heavy atom. The van der Waals surface area contributed by atoms with E-state index in [2.05, 4.69) is 19.2 Å². The largest absolute Gasteiger partial charge is 0.480 e. The first-order chi connectivity index (χ1) is 15.0. The van der Waals surface area contributed by atoms with E-state index in [-0.39, 0.29) is 24.5 Å². The van der Waals surface area contributed by atoms with Crippen LogP contribution in [-0.4, -0.2) is 35.6 Å². The summed E-state index contributed by atoms with van der Waals surface area (Å²) in [6.45, 7) is 4.04. The van der Waals surface area contributed by atoms with Gasteiger partial charge in [0.15, 0.2) is 0 Å². The molecule has 0 radical (unpaired) electrons. The van der Waals surface area contributed by atoms with E-state index in [4.69, 9.17) is 9.84 Å². The number of carboxylic acid groups (broad SMARTS) is 1. The average molecular weight is 442 g/mol. The van der Waals surface area contributed by atoms with Crippen LogP contribution in [-0.2, 0) is 19.1 Å². The third-order valence-corrected chi connectivity index (χ3v) is 5.53. The fourth-order valence-electron chi connectivity index (χ4n) is 3.62. The zero-order chi connectivity index (χ0) is 23.2. The van der Waals surface area contributed by atoms with Gasteiger partial charge in [0.05, 0.1) is 0 Å². The summed E-state index contributed by atoms with van der Waals surface area (Å²) < 4.78 is 5.73. The zero-order valence-electron chi connectivity index (χ0n) is 20.1. The molecule has 31 heavy (non-hydrogen) atoms. The standard InChI is InChI=1S/C25H47NO5/c1-3-5-7-8-9-10-11-12-16-20-25(30)31-22(17-6-4-2)18-14-13-15-19-23(27)26-21-24(28)29/h22H,3-21H2,1-2H3,(H,26,27)(H,28,29). The van der Waals surface area contributed by atoms with Gasteiger partial charge < -0.3 is 15.2 Å². The number of hydrogen-bond acceptors (Lipinski definition) is 4. The predicted molar refractivity (Wildman–Crippen MR) is 125 cm³/mol. The van der Waals surface area contributed by atoms with E-state index in [9.17, 15) is 14.4 Å². The van der Waals surface area contributed by atoms with E-state index in [0.29, 0.717) is 12.8 Å². The molecule has 0 saturated heterocycles. The second kappa shape index (κ2) is 21.6. The van der Waals surface area contributed by atoms with Gasteiger partial charge in [-0.15, -0.1) is 0 Å². The minimum atomic E-state index is -1.03. The summed E-state index contributed by atoms with van der Waals surface area (Å²) in [4.78, 5) is 34.1. The Hall–Kier alpha value is -1.59. The van der Waals surface area contributed by atoms with Crippen molar-refractivity contribution in [3.63, 3.8) is 0 Å². The van der Waals surface area contributed by atoms with Gasteiger partial charge in [-0.2, -0.15) is 0 Å². The number of amides is 1. The lowest BCUT2D eigenvalue weighted by Crippen LogP contribution is -2.28. The first kappa shape index (κ1) is 29.4. The molecule has 0 bridgehead atoms. The molecule has 0 rings (SSSR count). The molecule has 0 aromatic rings. The van der Waals surface area contributed by atoms with E-state index in [1.54, 1.807) is 0 Å². The number of ether oxygens (including phenoxy) is 1. The van der Waals surface area contributed by atoms with Crippen molar-refractivity contribution in [2.45, 2.75) is 136 Å². The normalized spacial score (nSPS) is 11.8. The number of carbonyl (C=O) groups is 3. The Morgan fingerprint density at radius 1 is 0.710 bits per heavy atom. The molecule has 0 aliphatic carbocycles. The SMILES string of the molecule is CCCCCCCCCCCC(=O)OC(CCCC)CCCCCC(=O)NCC(=O)O. The smallest absolute Gasteiger partial charge is 0.322 e. The summed E-state index contributed by atoms with van der Waals surface area (Å²) in [5, 5.41) is 10.9. The highest BCUT2D eigenvalue weighted by Crippen LogP contribution is 2.16. The Kier molecular flexibility index (Phi) is 20.5. The van der Waals surface area contributed by atoms with Crippen LogP contribution in [0.3, 0.4) is 0 Å². The van der Waals surface area contributed by atoms with E-state index in [1.165, 1.54) is 44.9 Å². The topological polar surface area (TPSA) is 92.7 Å². The van der Waals surface area contributed by atoms with Crippen LogP contribution in [0, 0.1) is 0 Å². The lowest BCUT2D eigenvalue weighted by atomic mass is 10.0. The van der Waals surface area contributed by atoms with Gasteiger partial charge in [0.25, 0.3) is 0 Å². The molecular weight excluding hydrogens is 394 g/mol. The molecule has 0 spiro atoms. The number of esters is 1. The summed E-state index contributed by atoms with van der Waals surface area (Å²) in [5.74, 6) is -1.33. The highest BCUT2D eigenvalue weighted by molar-refractivity contribution is 5.80. The molecular formula is C25H47NO5. The first-order valence-electron chi connectivity index (χ1n) is 12.7. The van der Waals surface area contributed by atoms with Gasteiger partial charge in [0.1, 0.15) is 12.6 Å². The van der Waals surface area contributed by atoms with Crippen LogP contribution in [0.15, 0.2) is 0 Å². The molecule has 1 unspecified atom stereocenters. The van der Waals surface area contributed by atoms with Crippen molar-refractivity contribution in [3.05, 3.63) is 0 Å². The highest BCUT2D eigenvalue weighted by atomic mass is 16.5. The second-order valence-electron chi connectivity index (χ2n) is 8.60. The van der Waals surface area contributed by atoms with Crippen molar-refractivity contribution in [3.8, 4) is 0 Å². The highest BCUT2D eigenvalue weighted by Gasteiger charge is 2.14. The molecule has 1 amide bonds. The lowest BCUT2D eigenvalue weighted by Gasteiger charge is -2.18. The number of aliphatic carboxylic acids is 1. The Bertz CT molecular complexity index is 467. The number of nitrogens with one attached hydrogen (secondary N) is 1. The molecule has 0 saturated carbocycles. The molecule has 0 heterocycles. The minimum Gasteiger partial charge on any atom is -0.480 e. The van der Waals surface area contributed by atoms with Gasteiger partial charge >= 0.3 is 11.9 Å². The van der Waals surface area contributed by atoms with E-state index < -0.39 is 5.97 Å². The van der Waals surface area contributed by atoms with Crippen LogP contribution in [0.25, 0.3) is 0 Å². The molecule has 6 nitrogen and oxygen atoms in total. The lowest BCUT2D eigenvalue weighted by molar-refractivity contribution is -0.150. The summed E-state index contributed by atoms with van der Waals surface area (Å²) in [6.07, 6.45) is 18.3. The fourth-order valence-corrected chi connectivity index (χ4v) is 3.62. The maximum Gasteiger partial charge on any atom is 0.322 e. The molecule has 182 valence electrons. The number of rotatable bonds is 22. The fraction of sp³-hybridized carbons (Fsp3) is 0.880. The monoisotopic (exact) mass is 441 g/mol. The van der Waals surface area contributed by atoms with Crippen molar-refractivity contribution < 1.29 is 24.2 Å². The van der Waals surface area contributed by atoms with Crippen molar-refractivity contribution in [2.75, 3.05) is 6.54 Å². The van der Waals surface area contributed by atoms with Gasteiger partial charge in [0, 0.05) is 12.8 Å². The Morgan fingerprint density at radius 3 is 1.84 bits per heavy atom. The maximum atomic E-state index is 12.2. The molecule has 0 aromatic heterocycles. The van der Waals surface area contributed by atoms with E-state index >= 15 is 0 Å². The average Bonchev–Trinajstić information content (AvgIpc) is 2.74. The summed E-state index contributed by atoms with van der Waals surface area (Å²) >= 11 is 0. The third-order valence-electron chi connectivity index (χ3n) is 5.53. The van der Waals surface area contributed by atoms with Gasteiger partial charge in [0.2, 0.25) is 5.91 Å². The van der Waals surface area contributed by atoms with Gasteiger partial charge in [-0.05, 0) is 32.1 Å². The second-order valence-corrected chi connectivity index (χ2v) is 8.60. The van der Waals surface area contributed by atoms with Crippen LogP contribution >= 0.6 is 0 Å². The molecule has 2 N–H and O–H groups in total. The van der Waals surface area contributed by atoms with Crippen molar-refractivity contribution >= 4 is 17.8 Å². The number of hydrogen-bond donors (Lipinski definition) is 2. The maximum absolute atomic E-state index is 12.2. The number of carbonyl (C=O) groups excluding carboxylic acids is 2. The van der Waals surface area contributed by atoms with Crippen LogP contribution < -0.4 is 5.32 Å². The number of unbranched alkanes of at least 4 members (excludes halogenated alkanes) is 11. The number of carboxylic acids is 1. The molecule has 0 aliphatic heterocycles. The van der Waals surface area contributed by atoms with E-state index in [1.807, 2.05) is 0 Å². The van der Waals surface area contributed by atoms with Gasteiger partial charge in [-0.3, -0.25) is 14.4 Å².